The third kappa shape index (κ3) is 1.35. The van der Waals surface area contributed by atoms with Gasteiger partial charge in [0.2, 0.25) is 0 Å². The maximum absolute atomic E-state index is 10.2. The van der Waals surface area contributed by atoms with E-state index in [1.807, 2.05) is 0 Å². The van der Waals surface area contributed by atoms with E-state index < -0.39 is 0 Å². The molecule has 0 amide bonds. The number of hydrogen-bond donors (Lipinski definition) is 0. The zero-order chi connectivity index (χ0) is 7.72. The molecule has 0 saturated carbocycles. The molecule has 0 saturated heterocycles. The van der Waals surface area contributed by atoms with E-state index in [2.05, 4.69) is 15.9 Å². The van der Waals surface area contributed by atoms with Gasteiger partial charge in [-0.2, -0.15) is 0 Å². The van der Waals surface area contributed by atoms with E-state index in [-0.39, 0.29) is 9.92 Å². The van der Waals surface area contributed by atoms with Crippen LogP contribution in [0.4, 0.5) is 5.00 Å². The third-order valence-electron chi connectivity index (χ3n) is 1.03. The smallest absolute Gasteiger partial charge is 0.258 e. The van der Waals surface area contributed by atoms with Crippen LogP contribution in [0.2, 0.25) is 0 Å². The molecule has 0 unspecified atom stereocenters. The molecule has 0 bridgehead atoms. The summed E-state index contributed by atoms with van der Waals surface area (Å²) < 4.78 is 0.803. The van der Waals surface area contributed by atoms with Gasteiger partial charge in [0.15, 0.2) is 0 Å². The van der Waals surface area contributed by atoms with Gasteiger partial charge in [-0.1, -0.05) is 11.3 Å². The molecule has 0 aliphatic carbocycles. The van der Waals surface area contributed by atoms with Crippen LogP contribution in [0.3, 0.4) is 0 Å². The summed E-state index contributed by atoms with van der Waals surface area (Å²) in [4.78, 5) is 9.86. The molecule has 10 heavy (non-hydrogen) atoms. The van der Waals surface area contributed by atoms with E-state index in [1.165, 1.54) is 0 Å². The Bertz CT molecular complexity index is 271. The molecular weight excluding hydrogens is 218 g/mol. The third-order valence-corrected chi connectivity index (χ3v) is 2.72. The standard InChI is InChI=1S/C5H4BrNO2S/c1-3-2-4(6)10-5(3)7(8)9/h2H,1H3. The molecule has 3 nitrogen and oxygen atoms in total. The topological polar surface area (TPSA) is 43.1 Å². The van der Waals surface area contributed by atoms with E-state index >= 15 is 0 Å². The van der Waals surface area contributed by atoms with Crippen LogP contribution < -0.4 is 0 Å². The molecule has 0 radical (unpaired) electrons. The van der Waals surface area contributed by atoms with Gasteiger partial charge in [0.1, 0.15) is 0 Å². The Hall–Kier alpha value is -0.420. The van der Waals surface area contributed by atoms with Gasteiger partial charge < -0.3 is 0 Å². The summed E-state index contributed by atoms with van der Waals surface area (Å²) in [6, 6.07) is 1.74. The lowest BCUT2D eigenvalue weighted by atomic mass is 10.4. The van der Waals surface area contributed by atoms with Crippen LogP contribution in [-0.4, -0.2) is 4.92 Å². The summed E-state index contributed by atoms with van der Waals surface area (Å²) in [5, 5.41) is 10.4. The molecule has 1 aromatic heterocycles. The number of nitrogens with zero attached hydrogens (tertiary/aromatic N) is 1. The quantitative estimate of drug-likeness (QED) is 0.541. The van der Waals surface area contributed by atoms with Crippen LogP contribution in [0.25, 0.3) is 0 Å². The van der Waals surface area contributed by atoms with Crippen molar-refractivity contribution in [1.82, 2.24) is 0 Å². The Morgan fingerprint density at radius 1 is 1.80 bits per heavy atom. The number of rotatable bonds is 1. The number of halogens is 1. The fourth-order valence-electron chi connectivity index (χ4n) is 0.616. The SMILES string of the molecule is Cc1cc(Br)sc1[N+](=O)[O-]. The number of hydrogen-bond acceptors (Lipinski definition) is 3. The Labute approximate surface area is 70.0 Å². The summed E-state index contributed by atoms with van der Waals surface area (Å²) >= 11 is 4.31. The molecule has 1 heterocycles. The van der Waals surface area contributed by atoms with Gasteiger partial charge in [-0.05, 0) is 28.9 Å². The van der Waals surface area contributed by atoms with E-state index in [9.17, 15) is 10.1 Å². The van der Waals surface area contributed by atoms with Crippen LogP contribution in [0, 0.1) is 17.0 Å². The summed E-state index contributed by atoms with van der Waals surface area (Å²) in [5.41, 5.74) is 0.710. The molecule has 5 heteroatoms. The highest BCUT2D eigenvalue weighted by Gasteiger charge is 2.13. The Morgan fingerprint density at radius 2 is 2.40 bits per heavy atom. The lowest BCUT2D eigenvalue weighted by Crippen LogP contribution is -1.84. The lowest BCUT2D eigenvalue weighted by Gasteiger charge is -1.82. The van der Waals surface area contributed by atoms with Crippen LogP contribution in [0.1, 0.15) is 5.56 Å². The van der Waals surface area contributed by atoms with Crippen molar-refractivity contribution >= 4 is 32.3 Å². The van der Waals surface area contributed by atoms with Crippen molar-refractivity contribution in [3.63, 3.8) is 0 Å². The molecule has 0 aliphatic rings. The van der Waals surface area contributed by atoms with Crippen molar-refractivity contribution in [1.29, 1.82) is 0 Å². The second-order valence-electron chi connectivity index (χ2n) is 1.80. The van der Waals surface area contributed by atoms with Gasteiger partial charge in [-0.3, -0.25) is 10.1 Å². The number of nitro groups is 1. The molecule has 0 N–H and O–H groups in total. The normalized spacial score (nSPS) is 9.80. The summed E-state index contributed by atoms with van der Waals surface area (Å²) in [5.74, 6) is 0. The average Bonchev–Trinajstić information content (AvgIpc) is 2.10. The Kier molecular flexibility index (Phi) is 2.05. The van der Waals surface area contributed by atoms with Gasteiger partial charge in [0, 0.05) is 5.56 Å². The van der Waals surface area contributed by atoms with Gasteiger partial charge >= 0.3 is 5.00 Å². The van der Waals surface area contributed by atoms with Gasteiger partial charge in [-0.15, -0.1) is 0 Å². The van der Waals surface area contributed by atoms with Crippen molar-refractivity contribution in [2.75, 3.05) is 0 Å². The molecular formula is C5H4BrNO2S. The first-order valence-corrected chi connectivity index (χ1v) is 4.12. The van der Waals surface area contributed by atoms with Crippen LogP contribution in [-0.2, 0) is 0 Å². The molecule has 1 rings (SSSR count). The van der Waals surface area contributed by atoms with E-state index in [0.29, 0.717) is 5.56 Å². The lowest BCUT2D eigenvalue weighted by molar-refractivity contribution is -0.380. The highest BCUT2D eigenvalue weighted by atomic mass is 79.9. The Balaban J connectivity index is 3.15. The predicted octanol–water partition coefficient (Wildman–Crippen LogP) is 2.73. The summed E-state index contributed by atoms with van der Waals surface area (Å²) in [6.45, 7) is 1.72. The van der Waals surface area contributed by atoms with Crippen LogP contribution in [0.15, 0.2) is 9.85 Å². The van der Waals surface area contributed by atoms with Crippen molar-refractivity contribution < 1.29 is 4.92 Å². The Morgan fingerprint density at radius 3 is 2.60 bits per heavy atom. The van der Waals surface area contributed by atoms with Gasteiger partial charge in [0.25, 0.3) is 0 Å². The van der Waals surface area contributed by atoms with Crippen LogP contribution >= 0.6 is 27.3 Å². The van der Waals surface area contributed by atoms with Crippen LogP contribution in [0.5, 0.6) is 0 Å². The zero-order valence-electron chi connectivity index (χ0n) is 5.13. The van der Waals surface area contributed by atoms with Gasteiger partial charge in [-0.25, -0.2) is 0 Å². The molecule has 0 atom stereocenters. The minimum absolute atomic E-state index is 0.215. The van der Waals surface area contributed by atoms with E-state index in [4.69, 9.17) is 0 Å². The van der Waals surface area contributed by atoms with Crippen molar-refractivity contribution in [2.24, 2.45) is 0 Å². The average molecular weight is 222 g/mol. The summed E-state index contributed by atoms with van der Waals surface area (Å²) in [7, 11) is 0. The highest BCUT2D eigenvalue weighted by Crippen LogP contribution is 2.32. The molecule has 0 spiro atoms. The molecule has 0 fully saturated rings. The first-order valence-electron chi connectivity index (χ1n) is 2.51. The second-order valence-corrected chi connectivity index (χ2v) is 4.21. The number of aryl methyl sites for hydroxylation is 1. The van der Waals surface area contributed by atoms with Crippen molar-refractivity contribution in [2.45, 2.75) is 6.92 Å². The molecule has 0 aliphatic heterocycles. The second kappa shape index (κ2) is 2.67. The monoisotopic (exact) mass is 221 g/mol. The minimum atomic E-state index is -0.370. The maximum Gasteiger partial charge on any atom is 0.328 e. The maximum atomic E-state index is 10.2. The molecule has 0 aromatic carbocycles. The minimum Gasteiger partial charge on any atom is -0.258 e. The van der Waals surface area contributed by atoms with Crippen molar-refractivity contribution in [3.8, 4) is 0 Å². The molecule has 54 valence electrons. The summed E-state index contributed by atoms with van der Waals surface area (Å²) in [6.07, 6.45) is 0. The fourth-order valence-corrected chi connectivity index (χ4v) is 2.13. The van der Waals surface area contributed by atoms with Crippen molar-refractivity contribution in [3.05, 3.63) is 25.5 Å². The first kappa shape index (κ1) is 7.68. The number of thiophene rings is 1. The van der Waals surface area contributed by atoms with Gasteiger partial charge in [0.05, 0.1) is 8.71 Å². The fraction of sp³-hybridized carbons (Fsp3) is 0.200. The highest BCUT2D eigenvalue weighted by molar-refractivity contribution is 9.11. The predicted molar refractivity (Wildman–Crippen MR) is 43.4 cm³/mol. The molecule has 1 aromatic rings. The zero-order valence-corrected chi connectivity index (χ0v) is 7.53. The first-order chi connectivity index (χ1) is 4.61. The van der Waals surface area contributed by atoms with E-state index in [1.54, 1.807) is 13.0 Å². The van der Waals surface area contributed by atoms with E-state index in [0.717, 1.165) is 15.1 Å². The largest absolute Gasteiger partial charge is 0.328 e.